The lowest BCUT2D eigenvalue weighted by molar-refractivity contribution is 0.303. The first-order chi connectivity index (χ1) is 9.61. The van der Waals surface area contributed by atoms with E-state index in [0.29, 0.717) is 27.4 Å². The van der Waals surface area contributed by atoms with Gasteiger partial charge in [-0.2, -0.15) is 0 Å². The molecule has 1 N–H and O–H groups in total. The summed E-state index contributed by atoms with van der Waals surface area (Å²) < 4.78 is 6.50. The highest BCUT2D eigenvalue weighted by atomic mass is 79.9. The summed E-state index contributed by atoms with van der Waals surface area (Å²) in [5.74, 6) is 0.574. The van der Waals surface area contributed by atoms with E-state index in [9.17, 15) is 0 Å². The number of hydrogen-bond acceptors (Lipinski definition) is 3. The van der Waals surface area contributed by atoms with Crippen LogP contribution in [-0.4, -0.2) is 11.4 Å². The lowest BCUT2D eigenvalue weighted by Gasteiger charge is -2.12. The van der Waals surface area contributed by atoms with Crippen LogP contribution in [0.15, 0.2) is 46.0 Å². The smallest absolute Gasteiger partial charge is 0.152 e. The molecular formula is C15H13BrClNO2. The number of oxime groups is 1. The van der Waals surface area contributed by atoms with Crippen LogP contribution in [-0.2, 0) is 6.61 Å². The van der Waals surface area contributed by atoms with Gasteiger partial charge in [-0.3, -0.25) is 0 Å². The number of ether oxygens (including phenoxy) is 1. The summed E-state index contributed by atoms with van der Waals surface area (Å²) in [7, 11) is 0. The van der Waals surface area contributed by atoms with Gasteiger partial charge in [0.05, 0.1) is 15.7 Å². The van der Waals surface area contributed by atoms with Crippen molar-refractivity contribution in [3.05, 3.63) is 62.6 Å². The molecule has 3 nitrogen and oxygen atoms in total. The predicted molar refractivity (Wildman–Crippen MR) is 84.0 cm³/mol. The van der Waals surface area contributed by atoms with Crippen molar-refractivity contribution in [3.63, 3.8) is 0 Å². The number of rotatable bonds is 4. The molecule has 0 unspecified atom stereocenters. The van der Waals surface area contributed by atoms with Crippen molar-refractivity contribution in [2.75, 3.05) is 0 Å². The monoisotopic (exact) mass is 353 g/mol. The summed E-state index contributed by atoms with van der Waals surface area (Å²) in [6.07, 6.45) is 1.31. The van der Waals surface area contributed by atoms with Gasteiger partial charge in [0, 0.05) is 0 Å². The van der Waals surface area contributed by atoms with Crippen molar-refractivity contribution in [1.29, 1.82) is 0 Å². The molecular weight excluding hydrogens is 342 g/mol. The van der Waals surface area contributed by atoms with Crippen LogP contribution in [0.4, 0.5) is 0 Å². The molecule has 0 fully saturated rings. The number of benzene rings is 2. The molecule has 0 saturated heterocycles. The van der Waals surface area contributed by atoms with Crippen LogP contribution in [0.25, 0.3) is 0 Å². The van der Waals surface area contributed by atoms with Crippen molar-refractivity contribution in [3.8, 4) is 5.75 Å². The standard InChI is InChI=1S/C15H13BrClNO2/c1-10-4-2-3-5-12(10)9-20-15-13(16)6-11(8-18-19)7-14(15)17/h2-8,19H,9H2,1H3/b18-8-. The Balaban J connectivity index is 2.20. The Bertz CT molecular complexity index is 621. The number of halogens is 2. The highest BCUT2D eigenvalue weighted by Gasteiger charge is 2.09. The minimum absolute atomic E-state index is 0.443. The highest BCUT2D eigenvalue weighted by molar-refractivity contribution is 9.10. The SMILES string of the molecule is Cc1ccccc1COc1c(Cl)cc(/C=N\O)cc1Br. The number of hydrogen-bond donors (Lipinski definition) is 1. The maximum atomic E-state index is 8.53. The summed E-state index contributed by atoms with van der Waals surface area (Å²) in [6, 6.07) is 11.5. The van der Waals surface area contributed by atoms with E-state index in [4.69, 9.17) is 21.5 Å². The van der Waals surface area contributed by atoms with Gasteiger partial charge in [-0.25, -0.2) is 0 Å². The quantitative estimate of drug-likeness (QED) is 0.487. The maximum absolute atomic E-state index is 8.53. The molecule has 0 aliphatic carbocycles. The van der Waals surface area contributed by atoms with E-state index in [0.717, 1.165) is 5.56 Å². The van der Waals surface area contributed by atoms with Crippen LogP contribution in [0.2, 0.25) is 5.02 Å². The Morgan fingerprint density at radius 1 is 1.35 bits per heavy atom. The van der Waals surface area contributed by atoms with Crippen LogP contribution in [0.3, 0.4) is 0 Å². The van der Waals surface area contributed by atoms with Crippen molar-refractivity contribution in [1.82, 2.24) is 0 Å². The van der Waals surface area contributed by atoms with E-state index in [1.54, 1.807) is 12.1 Å². The molecule has 20 heavy (non-hydrogen) atoms. The third-order valence-electron chi connectivity index (χ3n) is 2.86. The third kappa shape index (κ3) is 3.52. The van der Waals surface area contributed by atoms with Crippen LogP contribution < -0.4 is 4.74 Å². The molecule has 104 valence electrons. The van der Waals surface area contributed by atoms with Gasteiger partial charge in [0.25, 0.3) is 0 Å². The summed E-state index contributed by atoms with van der Waals surface area (Å²) in [4.78, 5) is 0. The lowest BCUT2D eigenvalue weighted by Crippen LogP contribution is -1.99. The first-order valence-electron chi connectivity index (χ1n) is 5.95. The minimum Gasteiger partial charge on any atom is -0.486 e. The summed E-state index contributed by atoms with van der Waals surface area (Å²) in [6.45, 7) is 2.48. The predicted octanol–water partition coefficient (Wildman–Crippen LogP) is 4.80. The Morgan fingerprint density at radius 2 is 2.10 bits per heavy atom. The Morgan fingerprint density at radius 3 is 2.75 bits per heavy atom. The third-order valence-corrected chi connectivity index (χ3v) is 3.73. The number of nitrogens with zero attached hydrogens (tertiary/aromatic N) is 1. The fourth-order valence-corrected chi connectivity index (χ4v) is 2.77. The van der Waals surface area contributed by atoms with E-state index in [1.165, 1.54) is 11.8 Å². The average molecular weight is 355 g/mol. The lowest BCUT2D eigenvalue weighted by atomic mass is 10.1. The van der Waals surface area contributed by atoms with E-state index in [-0.39, 0.29) is 0 Å². The van der Waals surface area contributed by atoms with Gasteiger partial charge in [0.1, 0.15) is 6.61 Å². The van der Waals surface area contributed by atoms with Crippen molar-refractivity contribution >= 4 is 33.7 Å². The largest absolute Gasteiger partial charge is 0.486 e. The average Bonchev–Trinajstić information content (AvgIpc) is 2.40. The van der Waals surface area contributed by atoms with Gasteiger partial charge in [-0.15, -0.1) is 0 Å². The molecule has 0 spiro atoms. The summed E-state index contributed by atoms with van der Waals surface area (Å²) >= 11 is 9.59. The van der Waals surface area contributed by atoms with Gasteiger partial charge in [-0.1, -0.05) is 41.0 Å². The molecule has 2 aromatic rings. The van der Waals surface area contributed by atoms with E-state index in [2.05, 4.69) is 21.1 Å². The fourth-order valence-electron chi connectivity index (χ4n) is 1.78. The first-order valence-corrected chi connectivity index (χ1v) is 7.12. The Hall–Kier alpha value is -1.52. The van der Waals surface area contributed by atoms with Gasteiger partial charge in [0.2, 0.25) is 0 Å². The zero-order chi connectivity index (χ0) is 14.5. The molecule has 0 bridgehead atoms. The molecule has 2 rings (SSSR count). The van der Waals surface area contributed by atoms with E-state index < -0.39 is 0 Å². The zero-order valence-electron chi connectivity index (χ0n) is 10.8. The van der Waals surface area contributed by atoms with Gasteiger partial charge in [0.15, 0.2) is 5.75 Å². The highest BCUT2D eigenvalue weighted by Crippen LogP contribution is 2.34. The van der Waals surface area contributed by atoms with E-state index >= 15 is 0 Å². The Labute approximate surface area is 131 Å². The van der Waals surface area contributed by atoms with E-state index in [1.807, 2.05) is 31.2 Å². The van der Waals surface area contributed by atoms with Gasteiger partial charge >= 0.3 is 0 Å². The molecule has 5 heteroatoms. The normalized spacial score (nSPS) is 10.9. The molecule has 0 radical (unpaired) electrons. The molecule has 0 aliphatic heterocycles. The van der Waals surface area contributed by atoms with Crippen LogP contribution in [0.1, 0.15) is 16.7 Å². The van der Waals surface area contributed by atoms with Crippen molar-refractivity contribution in [2.45, 2.75) is 13.5 Å². The van der Waals surface area contributed by atoms with Crippen LogP contribution in [0, 0.1) is 6.92 Å². The molecule has 0 heterocycles. The van der Waals surface area contributed by atoms with Crippen molar-refractivity contribution in [2.24, 2.45) is 5.16 Å². The topological polar surface area (TPSA) is 41.8 Å². The van der Waals surface area contributed by atoms with Gasteiger partial charge < -0.3 is 9.94 Å². The second kappa shape index (κ2) is 6.77. The first kappa shape index (κ1) is 14.9. The van der Waals surface area contributed by atoms with Crippen molar-refractivity contribution < 1.29 is 9.94 Å². The van der Waals surface area contributed by atoms with Crippen LogP contribution in [0.5, 0.6) is 5.75 Å². The molecule has 0 amide bonds. The molecule has 0 atom stereocenters. The maximum Gasteiger partial charge on any atom is 0.152 e. The zero-order valence-corrected chi connectivity index (χ0v) is 13.1. The summed E-state index contributed by atoms with van der Waals surface area (Å²) in [5.41, 5.74) is 2.97. The minimum atomic E-state index is 0.443. The second-order valence-corrected chi connectivity index (χ2v) is 5.53. The Kier molecular flexibility index (Phi) is 5.04. The molecule has 0 aliphatic rings. The van der Waals surface area contributed by atoms with Crippen LogP contribution >= 0.6 is 27.5 Å². The molecule has 0 saturated carbocycles. The summed E-state index contributed by atoms with van der Waals surface area (Å²) in [5, 5.41) is 12.0. The van der Waals surface area contributed by atoms with Gasteiger partial charge in [-0.05, 0) is 51.7 Å². The number of aryl methyl sites for hydroxylation is 1. The second-order valence-electron chi connectivity index (χ2n) is 4.27. The fraction of sp³-hybridized carbons (Fsp3) is 0.133. The molecule has 2 aromatic carbocycles. The molecule has 0 aromatic heterocycles.